The van der Waals surface area contributed by atoms with Crippen LogP contribution in [0.1, 0.15) is 40.5 Å². The monoisotopic (exact) mass is 273 g/mol. The lowest BCUT2D eigenvalue weighted by molar-refractivity contribution is -0.148. The number of rotatable bonds is 6. The fourth-order valence-corrected chi connectivity index (χ4v) is 3.53. The van der Waals surface area contributed by atoms with Crippen molar-refractivity contribution in [2.75, 3.05) is 18.1 Å². The molecule has 1 fully saturated rings. The summed E-state index contributed by atoms with van der Waals surface area (Å²) in [6, 6.07) is 0.659. The standard InChI is InChI=1S/C14H27NO2S/c1-5-17-14(16)10(2)11(3)15-12(4)13-6-8-18-9-7-13/h10-13,15H,5-9H2,1-4H3/t10-,11+,12-/m1/s1. The predicted octanol–water partition coefficient (Wildman–Crippen LogP) is 2.70. The third kappa shape index (κ3) is 4.81. The highest BCUT2D eigenvalue weighted by atomic mass is 32.2. The molecular formula is C14H27NO2S. The Labute approximate surface area is 115 Å². The first kappa shape index (κ1) is 15.8. The molecule has 106 valence electrons. The molecule has 1 rings (SSSR count). The Morgan fingerprint density at radius 2 is 1.94 bits per heavy atom. The van der Waals surface area contributed by atoms with Gasteiger partial charge in [0.25, 0.3) is 0 Å². The smallest absolute Gasteiger partial charge is 0.310 e. The topological polar surface area (TPSA) is 38.3 Å². The minimum Gasteiger partial charge on any atom is -0.466 e. The minimum absolute atomic E-state index is 0.0784. The fraction of sp³-hybridized carbons (Fsp3) is 0.929. The van der Waals surface area contributed by atoms with E-state index in [2.05, 4.69) is 30.9 Å². The van der Waals surface area contributed by atoms with E-state index in [4.69, 9.17) is 4.74 Å². The van der Waals surface area contributed by atoms with Crippen molar-refractivity contribution in [1.82, 2.24) is 5.32 Å². The molecule has 1 saturated heterocycles. The summed E-state index contributed by atoms with van der Waals surface area (Å²) in [6.07, 6.45) is 2.58. The SMILES string of the molecule is CCOC(=O)[C@H](C)[C@H](C)N[C@H](C)C1CCSCC1. The van der Waals surface area contributed by atoms with Crippen LogP contribution in [0.25, 0.3) is 0 Å². The van der Waals surface area contributed by atoms with Gasteiger partial charge >= 0.3 is 5.97 Å². The minimum atomic E-state index is -0.0936. The van der Waals surface area contributed by atoms with Crippen LogP contribution in [0.3, 0.4) is 0 Å². The van der Waals surface area contributed by atoms with Crippen molar-refractivity contribution in [2.45, 2.75) is 52.6 Å². The molecule has 1 N–H and O–H groups in total. The van der Waals surface area contributed by atoms with E-state index >= 15 is 0 Å². The van der Waals surface area contributed by atoms with Gasteiger partial charge < -0.3 is 10.1 Å². The molecule has 0 bridgehead atoms. The van der Waals surface area contributed by atoms with Crippen molar-refractivity contribution in [3.63, 3.8) is 0 Å². The molecule has 0 amide bonds. The Morgan fingerprint density at radius 1 is 1.33 bits per heavy atom. The number of hydrogen-bond acceptors (Lipinski definition) is 4. The third-order valence-electron chi connectivity index (χ3n) is 3.91. The van der Waals surface area contributed by atoms with Crippen LogP contribution < -0.4 is 5.32 Å². The Bertz CT molecular complexity index is 254. The van der Waals surface area contributed by atoms with Crippen molar-refractivity contribution in [2.24, 2.45) is 11.8 Å². The normalized spacial score (nSPS) is 22.2. The van der Waals surface area contributed by atoms with Gasteiger partial charge in [0, 0.05) is 12.1 Å². The van der Waals surface area contributed by atoms with E-state index in [0.717, 1.165) is 5.92 Å². The zero-order chi connectivity index (χ0) is 13.5. The molecule has 4 heteroatoms. The summed E-state index contributed by atoms with van der Waals surface area (Å²) in [6.45, 7) is 8.58. The molecule has 1 aliphatic rings. The number of hydrogen-bond donors (Lipinski definition) is 1. The first-order chi connectivity index (χ1) is 8.56. The first-order valence-electron chi connectivity index (χ1n) is 7.06. The molecule has 0 aromatic heterocycles. The van der Waals surface area contributed by atoms with Crippen LogP contribution in [0.4, 0.5) is 0 Å². The molecule has 0 aliphatic carbocycles. The molecule has 0 radical (unpaired) electrons. The third-order valence-corrected chi connectivity index (χ3v) is 4.96. The van der Waals surface area contributed by atoms with E-state index < -0.39 is 0 Å². The second-order valence-corrected chi connectivity index (χ2v) is 6.46. The van der Waals surface area contributed by atoms with Crippen LogP contribution in [-0.2, 0) is 9.53 Å². The first-order valence-corrected chi connectivity index (χ1v) is 8.22. The van der Waals surface area contributed by atoms with Crippen molar-refractivity contribution in [1.29, 1.82) is 0 Å². The lowest BCUT2D eigenvalue weighted by atomic mass is 9.93. The fourth-order valence-electron chi connectivity index (χ4n) is 2.39. The summed E-state index contributed by atoms with van der Waals surface area (Å²) in [4.78, 5) is 11.7. The maximum atomic E-state index is 11.7. The number of carbonyl (C=O) groups is 1. The number of nitrogens with one attached hydrogen (secondary N) is 1. The molecule has 3 nitrogen and oxygen atoms in total. The van der Waals surface area contributed by atoms with Gasteiger partial charge in [0.2, 0.25) is 0 Å². The van der Waals surface area contributed by atoms with Crippen molar-refractivity contribution in [3.8, 4) is 0 Å². The van der Waals surface area contributed by atoms with Crippen molar-refractivity contribution in [3.05, 3.63) is 0 Å². The van der Waals surface area contributed by atoms with Gasteiger partial charge in [-0.15, -0.1) is 0 Å². The summed E-state index contributed by atoms with van der Waals surface area (Å²) in [7, 11) is 0. The molecule has 18 heavy (non-hydrogen) atoms. The van der Waals surface area contributed by atoms with Gasteiger partial charge in [0.15, 0.2) is 0 Å². The molecule has 0 unspecified atom stereocenters. The van der Waals surface area contributed by atoms with E-state index in [-0.39, 0.29) is 17.9 Å². The summed E-state index contributed by atoms with van der Waals surface area (Å²) >= 11 is 2.05. The van der Waals surface area contributed by atoms with Crippen LogP contribution in [0.2, 0.25) is 0 Å². The second-order valence-electron chi connectivity index (χ2n) is 5.23. The summed E-state index contributed by atoms with van der Waals surface area (Å²) < 4.78 is 5.07. The van der Waals surface area contributed by atoms with Crippen molar-refractivity contribution >= 4 is 17.7 Å². The van der Waals surface area contributed by atoms with E-state index in [1.165, 1.54) is 24.3 Å². The van der Waals surface area contributed by atoms with Crippen LogP contribution in [-0.4, -0.2) is 36.2 Å². The highest BCUT2D eigenvalue weighted by Crippen LogP contribution is 2.25. The molecule has 3 atom stereocenters. The van der Waals surface area contributed by atoms with Gasteiger partial charge in [-0.3, -0.25) is 4.79 Å². The quantitative estimate of drug-likeness (QED) is 0.755. The summed E-state index contributed by atoms with van der Waals surface area (Å²) in [5.74, 6) is 3.13. The molecule has 1 aliphatic heterocycles. The molecule has 1 heterocycles. The van der Waals surface area contributed by atoms with Gasteiger partial charge in [0.05, 0.1) is 12.5 Å². The van der Waals surface area contributed by atoms with Crippen LogP contribution >= 0.6 is 11.8 Å². The highest BCUT2D eigenvalue weighted by molar-refractivity contribution is 7.99. The zero-order valence-corrected chi connectivity index (χ0v) is 12.9. The number of carbonyl (C=O) groups excluding carboxylic acids is 1. The average molecular weight is 273 g/mol. The van der Waals surface area contributed by atoms with E-state index in [1.807, 2.05) is 13.8 Å². The highest BCUT2D eigenvalue weighted by Gasteiger charge is 2.26. The van der Waals surface area contributed by atoms with Crippen LogP contribution in [0, 0.1) is 11.8 Å². The second kappa shape index (κ2) is 8.05. The molecular weight excluding hydrogens is 246 g/mol. The Balaban J connectivity index is 2.37. The summed E-state index contributed by atoms with van der Waals surface area (Å²) in [5.41, 5.74) is 0. The number of thioether (sulfide) groups is 1. The van der Waals surface area contributed by atoms with E-state index in [1.54, 1.807) is 0 Å². The molecule has 0 aromatic carbocycles. The number of esters is 1. The van der Waals surface area contributed by atoms with Crippen LogP contribution in [0.5, 0.6) is 0 Å². The molecule has 0 aromatic rings. The van der Waals surface area contributed by atoms with E-state index in [0.29, 0.717) is 12.6 Å². The lowest BCUT2D eigenvalue weighted by Crippen LogP contribution is -2.45. The maximum absolute atomic E-state index is 11.7. The Morgan fingerprint density at radius 3 is 2.50 bits per heavy atom. The van der Waals surface area contributed by atoms with Crippen molar-refractivity contribution < 1.29 is 9.53 Å². The largest absolute Gasteiger partial charge is 0.466 e. The van der Waals surface area contributed by atoms with Gasteiger partial charge in [-0.2, -0.15) is 11.8 Å². The van der Waals surface area contributed by atoms with Gasteiger partial charge in [-0.25, -0.2) is 0 Å². The summed E-state index contributed by atoms with van der Waals surface area (Å²) in [5, 5.41) is 3.58. The lowest BCUT2D eigenvalue weighted by Gasteiger charge is -2.31. The van der Waals surface area contributed by atoms with E-state index in [9.17, 15) is 4.79 Å². The predicted molar refractivity (Wildman–Crippen MR) is 77.9 cm³/mol. The van der Waals surface area contributed by atoms with Gasteiger partial charge in [-0.05, 0) is 51.0 Å². The Kier molecular flexibility index (Phi) is 7.08. The molecule has 0 spiro atoms. The van der Waals surface area contributed by atoms with Crippen LogP contribution in [0.15, 0.2) is 0 Å². The van der Waals surface area contributed by atoms with Gasteiger partial charge in [-0.1, -0.05) is 6.92 Å². The van der Waals surface area contributed by atoms with Gasteiger partial charge in [0.1, 0.15) is 0 Å². The zero-order valence-electron chi connectivity index (χ0n) is 12.1. The Hall–Kier alpha value is -0.220. The molecule has 0 saturated carbocycles. The number of ether oxygens (including phenoxy) is 1. The maximum Gasteiger partial charge on any atom is 0.310 e. The average Bonchev–Trinajstić information content (AvgIpc) is 2.39.